The van der Waals surface area contributed by atoms with Crippen molar-refractivity contribution in [2.45, 2.75) is 32.6 Å². The molecule has 1 aliphatic carbocycles. The van der Waals surface area contributed by atoms with Crippen molar-refractivity contribution >= 4 is 5.69 Å². The summed E-state index contributed by atoms with van der Waals surface area (Å²) in [6.07, 6.45) is 5.74. The summed E-state index contributed by atoms with van der Waals surface area (Å²) in [7, 11) is 2.17. The van der Waals surface area contributed by atoms with Crippen LogP contribution in [0.5, 0.6) is 0 Å². The molecule has 0 aliphatic heterocycles. The molecule has 1 saturated carbocycles. The number of rotatable bonds is 6. The second kappa shape index (κ2) is 6.79. The SMILES string of the molecule is Cc1cccc(N(C)CCNCC2CCCC2)c1. The van der Waals surface area contributed by atoms with Crippen LogP contribution in [0.4, 0.5) is 5.69 Å². The fourth-order valence-electron chi connectivity index (χ4n) is 2.76. The summed E-state index contributed by atoms with van der Waals surface area (Å²) < 4.78 is 0. The molecule has 2 rings (SSSR count). The lowest BCUT2D eigenvalue weighted by Crippen LogP contribution is -2.31. The topological polar surface area (TPSA) is 15.3 Å². The van der Waals surface area contributed by atoms with Gasteiger partial charge in [0.1, 0.15) is 0 Å². The summed E-state index contributed by atoms with van der Waals surface area (Å²) in [4.78, 5) is 2.33. The van der Waals surface area contributed by atoms with Crippen molar-refractivity contribution in [1.29, 1.82) is 0 Å². The van der Waals surface area contributed by atoms with Crippen LogP contribution in [0.3, 0.4) is 0 Å². The first-order valence-corrected chi connectivity index (χ1v) is 7.24. The van der Waals surface area contributed by atoms with Crippen LogP contribution in [-0.2, 0) is 0 Å². The Labute approximate surface area is 111 Å². The van der Waals surface area contributed by atoms with Gasteiger partial charge >= 0.3 is 0 Å². The summed E-state index contributed by atoms with van der Waals surface area (Å²) in [5, 5.41) is 3.60. The standard InChI is InChI=1S/C16H26N2/c1-14-6-5-9-16(12-14)18(2)11-10-17-13-15-7-3-4-8-15/h5-6,9,12,15,17H,3-4,7-8,10-11,13H2,1-2H3. The number of hydrogen-bond acceptors (Lipinski definition) is 2. The molecule has 0 spiro atoms. The summed E-state index contributed by atoms with van der Waals surface area (Å²) in [5.41, 5.74) is 2.65. The van der Waals surface area contributed by atoms with E-state index in [0.717, 1.165) is 19.0 Å². The number of nitrogens with zero attached hydrogens (tertiary/aromatic N) is 1. The Kier molecular flexibility index (Phi) is 5.06. The van der Waals surface area contributed by atoms with Crippen molar-refractivity contribution in [2.75, 3.05) is 31.6 Å². The Balaban J connectivity index is 1.66. The molecule has 2 heteroatoms. The van der Waals surface area contributed by atoms with Gasteiger partial charge in [-0.2, -0.15) is 0 Å². The lowest BCUT2D eigenvalue weighted by atomic mass is 10.1. The van der Waals surface area contributed by atoms with Crippen LogP contribution in [0.15, 0.2) is 24.3 Å². The minimum absolute atomic E-state index is 0.939. The largest absolute Gasteiger partial charge is 0.373 e. The molecule has 0 saturated heterocycles. The number of benzene rings is 1. The predicted octanol–water partition coefficient (Wildman–Crippen LogP) is 3.21. The first kappa shape index (κ1) is 13.4. The molecule has 0 unspecified atom stereocenters. The zero-order chi connectivity index (χ0) is 12.8. The van der Waals surface area contributed by atoms with Crippen LogP contribution in [0.2, 0.25) is 0 Å². The average molecular weight is 246 g/mol. The van der Waals surface area contributed by atoms with E-state index in [4.69, 9.17) is 0 Å². The van der Waals surface area contributed by atoms with Gasteiger partial charge in [-0.3, -0.25) is 0 Å². The van der Waals surface area contributed by atoms with E-state index in [1.54, 1.807) is 0 Å². The van der Waals surface area contributed by atoms with Crippen molar-refractivity contribution in [2.24, 2.45) is 5.92 Å². The predicted molar refractivity (Wildman–Crippen MR) is 79.3 cm³/mol. The van der Waals surface area contributed by atoms with Crippen LogP contribution in [0.1, 0.15) is 31.2 Å². The van der Waals surface area contributed by atoms with Gasteiger partial charge in [-0.25, -0.2) is 0 Å². The Bertz CT molecular complexity index is 356. The molecule has 0 bridgehead atoms. The molecule has 18 heavy (non-hydrogen) atoms. The van der Waals surface area contributed by atoms with Crippen molar-refractivity contribution < 1.29 is 0 Å². The fourth-order valence-corrected chi connectivity index (χ4v) is 2.76. The lowest BCUT2D eigenvalue weighted by molar-refractivity contribution is 0.492. The third-order valence-electron chi connectivity index (χ3n) is 3.97. The van der Waals surface area contributed by atoms with Crippen LogP contribution < -0.4 is 10.2 Å². The fraction of sp³-hybridized carbons (Fsp3) is 0.625. The summed E-state index contributed by atoms with van der Waals surface area (Å²) >= 11 is 0. The summed E-state index contributed by atoms with van der Waals surface area (Å²) in [6, 6.07) is 8.71. The van der Waals surface area contributed by atoms with Crippen molar-refractivity contribution in [1.82, 2.24) is 5.32 Å². The number of nitrogens with one attached hydrogen (secondary N) is 1. The van der Waals surface area contributed by atoms with Gasteiger partial charge in [0.05, 0.1) is 0 Å². The first-order chi connectivity index (χ1) is 8.75. The zero-order valence-electron chi connectivity index (χ0n) is 11.8. The van der Waals surface area contributed by atoms with Crippen LogP contribution in [-0.4, -0.2) is 26.7 Å². The maximum absolute atomic E-state index is 3.60. The maximum Gasteiger partial charge on any atom is 0.0366 e. The highest BCUT2D eigenvalue weighted by molar-refractivity contribution is 5.47. The van der Waals surface area contributed by atoms with Gasteiger partial charge in [-0.1, -0.05) is 25.0 Å². The van der Waals surface area contributed by atoms with E-state index in [9.17, 15) is 0 Å². The quantitative estimate of drug-likeness (QED) is 0.775. The van der Waals surface area contributed by atoms with Gasteiger partial charge in [0, 0.05) is 25.8 Å². The number of likely N-dealkylation sites (N-methyl/N-ethyl adjacent to an activating group) is 1. The Morgan fingerprint density at radius 1 is 1.28 bits per heavy atom. The van der Waals surface area contributed by atoms with E-state index in [-0.39, 0.29) is 0 Å². The molecule has 100 valence electrons. The average Bonchev–Trinajstić information content (AvgIpc) is 2.87. The second-order valence-corrected chi connectivity index (χ2v) is 5.62. The number of hydrogen-bond donors (Lipinski definition) is 1. The molecule has 1 aromatic carbocycles. The minimum atomic E-state index is 0.939. The van der Waals surface area contributed by atoms with E-state index in [2.05, 4.69) is 48.5 Å². The Morgan fingerprint density at radius 2 is 2.06 bits per heavy atom. The molecule has 0 amide bonds. The lowest BCUT2D eigenvalue weighted by Gasteiger charge is -2.20. The molecule has 1 N–H and O–H groups in total. The zero-order valence-corrected chi connectivity index (χ0v) is 11.8. The molecule has 1 fully saturated rings. The monoisotopic (exact) mass is 246 g/mol. The normalized spacial score (nSPS) is 16.1. The van der Waals surface area contributed by atoms with Gasteiger partial charge in [0.25, 0.3) is 0 Å². The van der Waals surface area contributed by atoms with Crippen molar-refractivity contribution in [3.63, 3.8) is 0 Å². The van der Waals surface area contributed by atoms with Crippen LogP contribution >= 0.6 is 0 Å². The van der Waals surface area contributed by atoms with Crippen molar-refractivity contribution in [3.8, 4) is 0 Å². The van der Waals surface area contributed by atoms with Crippen molar-refractivity contribution in [3.05, 3.63) is 29.8 Å². The summed E-state index contributed by atoms with van der Waals surface area (Å²) in [6.45, 7) is 5.52. The van der Waals surface area contributed by atoms with Crippen LogP contribution in [0, 0.1) is 12.8 Å². The first-order valence-electron chi connectivity index (χ1n) is 7.24. The van der Waals surface area contributed by atoms with Gasteiger partial charge in [-0.15, -0.1) is 0 Å². The molecule has 2 nitrogen and oxygen atoms in total. The van der Waals surface area contributed by atoms with Crippen LogP contribution in [0.25, 0.3) is 0 Å². The van der Waals surface area contributed by atoms with Gasteiger partial charge in [0.2, 0.25) is 0 Å². The highest BCUT2D eigenvalue weighted by Crippen LogP contribution is 2.23. The third kappa shape index (κ3) is 4.02. The molecule has 0 heterocycles. The Hall–Kier alpha value is -1.02. The van der Waals surface area contributed by atoms with Gasteiger partial charge in [0.15, 0.2) is 0 Å². The van der Waals surface area contributed by atoms with Gasteiger partial charge in [-0.05, 0) is 49.9 Å². The molecule has 1 aliphatic rings. The molecule has 1 aromatic rings. The number of aryl methyl sites for hydroxylation is 1. The Morgan fingerprint density at radius 3 is 2.78 bits per heavy atom. The van der Waals surface area contributed by atoms with Gasteiger partial charge < -0.3 is 10.2 Å². The van der Waals surface area contributed by atoms with E-state index in [1.807, 2.05) is 0 Å². The third-order valence-corrected chi connectivity index (χ3v) is 3.97. The highest BCUT2D eigenvalue weighted by atomic mass is 15.1. The van der Waals surface area contributed by atoms with E-state index >= 15 is 0 Å². The maximum atomic E-state index is 3.60. The molecule has 0 aromatic heterocycles. The van der Waals surface area contributed by atoms with E-state index in [0.29, 0.717) is 0 Å². The molecular formula is C16H26N2. The minimum Gasteiger partial charge on any atom is -0.373 e. The van der Waals surface area contributed by atoms with E-state index < -0.39 is 0 Å². The second-order valence-electron chi connectivity index (χ2n) is 5.62. The molecule has 0 radical (unpaired) electrons. The number of anilines is 1. The van der Waals surface area contributed by atoms with E-state index in [1.165, 1.54) is 43.5 Å². The molecular weight excluding hydrogens is 220 g/mol. The molecule has 0 atom stereocenters. The highest BCUT2D eigenvalue weighted by Gasteiger charge is 2.13. The summed E-state index contributed by atoms with van der Waals surface area (Å²) in [5.74, 6) is 0.939. The smallest absolute Gasteiger partial charge is 0.0366 e.